The van der Waals surface area contributed by atoms with Crippen LogP contribution >= 0.6 is 12.4 Å². The second-order valence-electron chi connectivity index (χ2n) is 3.10. The van der Waals surface area contributed by atoms with Gasteiger partial charge in [0.2, 0.25) is 0 Å². The summed E-state index contributed by atoms with van der Waals surface area (Å²) >= 11 is 0. The molecule has 3 nitrogen and oxygen atoms in total. The van der Waals surface area contributed by atoms with Gasteiger partial charge < -0.3 is 10.5 Å². The minimum atomic E-state index is -4.46. The zero-order chi connectivity index (χ0) is 11.6. The third-order valence-corrected chi connectivity index (χ3v) is 1.90. The van der Waals surface area contributed by atoms with E-state index >= 15 is 0 Å². The number of nitrogens with two attached hydrogens (primary N) is 1. The van der Waals surface area contributed by atoms with Gasteiger partial charge in [-0.1, -0.05) is 0 Å². The number of hydrogen-bond donors (Lipinski definition) is 1. The molecule has 0 saturated carbocycles. The largest absolute Gasteiger partial charge is 0.495 e. The molecular formula is C9H12ClF3N2O. The predicted octanol–water partition coefficient (Wildman–Crippen LogP) is 2.55. The molecule has 0 aliphatic heterocycles. The van der Waals surface area contributed by atoms with Crippen molar-refractivity contribution in [2.45, 2.75) is 19.1 Å². The fourth-order valence-corrected chi connectivity index (χ4v) is 1.14. The van der Waals surface area contributed by atoms with E-state index in [9.17, 15) is 13.2 Å². The van der Waals surface area contributed by atoms with E-state index in [4.69, 9.17) is 10.5 Å². The summed E-state index contributed by atoms with van der Waals surface area (Å²) in [5.41, 5.74) is 4.86. The van der Waals surface area contributed by atoms with Crippen molar-refractivity contribution in [3.63, 3.8) is 0 Å². The first-order valence-corrected chi connectivity index (χ1v) is 4.23. The highest BCUT2D eigenvalue weighted by Crippen LogP contribution is 2.32. The monoisotopic (exact) mass is 256 g/mol. The van der Waals surface area contributed by atoms with E-state index in [1.54, 1.807) is 6.92 Å². The Hall–Kier alpha value is -1.01. The molecule has 1 atom stereocenters. The van der Waals surface area contributed by atoms with Gasteiger partial charge in [0.05, 0.1) is 13.3 Å². The first kappa shape index (κ1) is 15.0. The molecule has 2 N–H and O–H groups in total. The van der Waals surface area contributed by atoms with E-state index in [1.165, 1.54) is 7.11 Å². The van der Waals surface area contributed by atoms with E-state index in [2.05, 4.69) is 4.98 Å². The molecule has 1 heterocycles. The molecule has 7 heteroatoms. The fraction of sp³-hybridized carbons (Fsp3) is 0.444. The number of ether oxygens (including phenoxy) is 1. The molecule has 0 aromatic carbocycles. The van der Waals surface area contributed by atoms with E-state index in [-0.39, 0.29) is 18.2 Å². The Morgan fingerprint density at radius 3 is 2.38 bits per heavy atom. The number of methoxy groups -OCH3 is 1. The van der Waals surface area contributed by atoms with Crippen LogP contribution in [0.15, 0.2) is 12.3 Å². The number of hydrogen-bond acceptors (Lipinski definition) is 3. The minimum absolute atomic E-state index is 0. The molecule has 0 bridgehead atoms. The van der Waals surface area contributed by atoms with Crippen molar-refractivity contribution in [3.8, 4) is 5.75 Å². The highest BCUT2D eigenvalue weighted by Gasteiger charge is 2.33. The lowest BCUT2D eigenvalue weighted by Gasteiger charge is -2.13. The number of nitrogens with zero attached hydrogens (tertiary/aromatic N) is 1. The van der Waals surface area contributed by atoms with E-state index in [0.29, 0.717) is 5.56 Å². The molecule has 0 fully saturated rings. The van der Waals surface area contributed by atoms with Crippen LogP contribution in [0.25, 0.3) is 0 Å². The highest BCUT2D eigenvalue weighted by molar-refractivity contribution is 5.85. The van der Waals surface area contributed by atoms with Crippen molar-refractivity contribution in [1.29, 1.82) is 0 Å². The average molecular weight is 257 g/mol. The maximum Gasteiger partial charge on any atom is 0.433 e. The maximum absolute atomic E-state index is 12.3. The maximum atomic E-state index is 12.3. The molecule has 0 saturated heterocycles. The van der Waals surface area contributed by atoms with Crippen molar-refractivity contribution < 1.29 is 17.9 Å². The Labute approximate surface area is 97.2 Å². The Morgan fingerprint density at radius 1 is 1.44 bits per heavy atom. The van der Waals surface area contributed by atoms with Crippen LogP contribution in [-0.4, -0.2) is 12.1 Å². The van der Waals surface area contributed by atoms with Crippen LogP contribution in [-0.2, 0) is 6.18 Å². The van der Waals surface area contributed by atoms with Gasteiger partial charge in [0.25, 0.3) is 0 Å². The Morgan fingerprint density at radius 2 is 2.00 bits per heavy atom. The van der Waals surface area contributed by atoms with Gasteiger partial charge in [0.1, 0.15) is 11.4 Å². The van der Waals surface area contributed by atoms with Gasteiger partial charge in [-0.05, 0) is 13.0 Å². The third kappa shape index (κ3) is 3.24. The second kappa shape index (κ2) is 5.36. The quantitative estimate of drug-likeness (QED) is 0.885. The van der Waals surface area contributed by atoms with Crippen molar-refractivity contribution in [3.05, 3.63) is 23.5 Å². The normalized spacial score (nSPS) is 12.9. The minimum Gasteiger partial charge on any atom is -0.495 e. The number of halogens is 4. The van der Waals surface area contributed by atoms with Crippen LogP contribution in [0.2, 0.25) is 0 Å². The van der Waals surface area contributed by atoms with Gasteiger partial charge in [0.15, 0.2) is 0 Å². The Bertz CT molecular complexity index is 355. The number of aromatic nitrogens is 1. The van der Waals surface area contributed by atoms with Gasteiger partial charge in [-0.15, -0.1) is 12.4 Å². The van der Waals surface area contributed by atoms with Gasteiger partial charge in [-0.3, -0.25) is 0 Å². The zero-order valence-corrected chi connectivity index (χ0v) is 9.52. The third-order valence-electron chi connectivity index (χ3n) is 1.90. The van der Waals surface area contributed by atoms with E-state index in [0.717, 1.165) is 12.3 Å². The number of alkyl halides is 3. The van der Waals surface area contributed by atoms with Gasteiger partial charge in [-0.2, -0.15) is 13.2 Å². The molecule has 1 aromatic rings. The average Bonchev–Trinajstić information content (AvgIpc) is 2.15. The fourth-order valence-electron chi connectivity index (χ4n) is 1.14. The predicted molar refractivity (Wildman–Crippen MR) is 55.6 cm³/mol. The molecule has 16 heavy (non-hydrogen) atoms. The molecular weight excluding hydrogens is 245 g/mol. The lowest BCUT2D eigenvalue weighted by molar-refractivity contribution is -0.141. The molecule has 0 aliphatic carbocycles. The molecule has 0 aliphatic rings. The molecule has 1 aromatic heterocycles. The van der Waals surface area contributed by atoms with Gasteiger partial charge >= 0.3 is 6.18 Å². The molecule has 92 valence electrons. The molecule has 0 unspecified atom stereocenters. The number of pyridine rings is 1. The molecule has 1 rings (SSSR count). The van der Waals surface area contributed by atoms with Crippen LogP contribution in [0.4, 0.5) is 13.2 Å². The van der Waals surface area contributed by atoms with Crippen LogP contribution in [0.5, 0.6) is 5.75 Å². The Kier molecular flexibility index (Phi) is 5.02. The van der Waals surface area contributed by atoms with E-state index < -0.39 is 17.9 Å². The summed E-state index contributed by atoms with van der Waals surface area (Å²) in [5.74, 6) is 0.262. The van der Waals surface area contributed by atoms with Gasteiger partial charge in [0, 0.05) is 11.6 Å². The summed E-state index contributed by atoms with van der Waals surface area (Å²) < 4.78 is 41.8. The van der Waals surface area contributed by atoms with Crippen LogP contribution in [0, 0.1) is 0 Å². The summed E-state index contributed by atoms with van der Waals surface area (Å²) in [7, 11) is 1.36. The molecule has 0 amide bonds. The summed E-state index contributed by atoms with van der Waals surface area (Å²) in [6.07, 6.45) is -3.43. The van der Waals surface area contributed by atoms with Crippen LogP contribution in [0.3, 0.4) is 0 Å². The molecule has 0 radical (unpaired) electrons. The highest BCUT2D eigenvalue weighted by atomic mass is 35.5. The lowest BCUT2D eigenvalue weighted by atomic mass is 10.1. The smallest absolute Gasteiger partial charge is 0.433 e. The first-order valence-electron chi connectivity index (χ1n) is 4.23. The van der Waals surface area contributed by atoms with Crippen molar-refractivity contribution in [1.82, 2.24) is 4.98 Å². The topological polar surface area (TPSA) is 48.1 Å². The second-order valence-corrected chi connectivity index (χ2v) is 3.10. The standard InChI is InChI=1S/C9H11F3N2O.ClH/c1-5(13)6-3-8(9(10,11)12)14-4-7(6)15-2;/h3-5H,13H2,1-2H3;1H/t5-;/m0./s1. The van der Waals surface area contributed by atoms with Gasteiger partial charge in [-0.25, -0.2) is 4.98 Å². The first-order chi connectivity index (χ1) is 6.86. The SMILES string of the molecule is COc1cnc(C(F)(F)F)cc1[C@H](C)N.Cl. The van der Waals surface area contributed by atoms with Crippen molar-refractivity contribution in [2.24, 2.45) is 5.73 Å². The zero-order valence-electron chi connectivity index (χ0n) is 8.71. The van der Waals surface area contributed by atoms with Crippen LogP contribution in [0.1, 0.15) is 24.2 Å². The number of rotatable bonds is 2. The lowest BCUT2D eigenvalue weighted by Crippen LogP contribution is -2.13. The Balaban J connectivity index is 0.00000225. The van der Waals surface area contributed by atoms with E-state index in [1.807, 2.05) is 0 Å². The summed E-state index contributed by atoms with van der Waals surface area (Å²) in [4.78, 5) is 3.26. The molecule has 0 spiro atoms. The summed E-state index contributed by atoms with van der Waals surface area (Å²) in [5, 5.41) is 0. The van der Waals surface area contributed by atoms with Crippen LogP contribution < -0.4 is 10.5 Å². The van der Waals surface area contributed by atoms with Crippen molar-refractivity contribution >= 4 is 12.4 Å². The summed E-state index contributed by atoms with van der Waals surface area (Å²) in [6, 6.07) is 0.368. The summed E-state index contributed by atoms with van der Waals surface area (Å²) in [6.45, 7) is 1.58. The van der Waals surface area contributed by atoms with Crippen molar-refractivity contribution in [2.75, 3.05) is 7.11 Å².